The van der Waals surface area contributed by atoms with Crippen LogP contribution in [-0.2, 0) is 6.42 Å². The van der Waals surface area contributed by atoms with Crippen molar-refractivity contribution in [2.75, 3.05) is 0 Å². The lowest BCUT2D eigenvalue weighted by Crippen LogP contribution is -2.12. The van der Waals surface area contributed by atoms with Gasteiger partial charge in [-0.15, -0.1) is 11.3 Å². The van der Waals surface area contributed by atoms with Crippen molar-refractivity contribution < 1.29 is 9.90 Å². The number of carbonyl (C=O) groups is 1. The topological polar surface area (TPSA) is 50.2 Å². The minimum atomic E-state index is -0.0848. The number of ketones is 1. The van der Waals surface area contributed by atoms with Crippen molar-refractivity contribution in [1.29, 1.82) is 0 Å². The molecule has 1 aliphatic carbocycles. The minimum absolute atomic E-state index is 0.0848. The number of nitrogens with zero attached hydrogens (tertiary/aromatic N) is 1. The van der Waals surface area contributed by atoms with Crippen molar-refractivity contribution in [3.8, 4) is 10.6 Å². The molecule has 1 aromatic carbocycles. The van der Waals surface area contributed by atoms with E-state index in [9.17, 15) is 4.79 Å². The van der Waals surface area contributed by atoms with E-state index in [1.165, 1.54) is 11.3 Å². The number of Topliss-reactive ketones (excluding diaryl/α,β-unsaturated/α-hetero) is 1. The van der Waals surface area contributed by atoms with Crippen LogP contribution in [0.25, 0.3) is 10.6 Å². The Labute approximate surface area is 108 Å². The maximum Gasteiger partial charge on any atom is 0.203 e. The molecule has 0 saturated carbocycles. The molecule has 0 bridgehead atoms. The van der Waals surface area contributed by atoms with Gasteiger partial charge in [-0.3, -0.25) is 4.79 Å². The normalized spacial score (nSPS) is 16.9. The van der Waals surface area contributed by atoms with Crippen molar-refractivity contribution in [3.63, 3.8) is 0 Å². The number of carbonyl (C=O) groups excluding carboxylic acids is 1. The van der Waals surface area contributed by atoms with Crippen molar-refractivity contribution in [3.05, 3.63) is 52.7 Å². The second kappa shape index (κ2) is 4.38. The van der Waals surface area contributed by atoms with Gasteiger partial charge in [0.25, 0.3) is 0 Å². The minimum Gasteiger partial charge on any atom is -0.515 e. The lowest BCUT2D eigenvalue weighted by atomic mass is 9.97. The van der Waals surface area contributed by atoms with Gasteiger partial charge in [-0.05, 0) is 12.8 Å². The molecule has 3 rings (SSSR count). The number of aromatic nitrogens is 1. The van der Waals surface area contributed by atoms with Gasteiger partial charge in [-0.25, -0.2) is 4.98 Å². The summed E-state index contributed by atoms with van der Waals surface area (Å²) in [6.07, 6.45) is 2.21. The molecular weight excluding hydrogens is 246 g/mol. The number of aryl methyl sites for hydroxylation is 1. The van der Waals surface area contributed by atoms with Gasteiger partial charge < -0.3 is 5.11 Å². The number of benzene rings is 1. The van der Waals surface area contributed by atoms with Gasteiger partial charge in [0.2, 0.25) is 5.78 Å². The fourth-order valence-corrected chi connectivity index (χ4v) is 3.13. The molecule has 0 spiro atoms. The molecule has 4 heteroatoms. The quantitative estimate of drug-likeness (QED) is 0.629. The summed E-state index contributed by atoms with van der Waals surface area (Å²) in [5, 5.41) is 9.88. The highest BCUT2D eigenvalue weighted by Gasteiger charge is 2.26. The molecule has 1 aromatic heterocycles. The van der Waals surface area contributed by atoms with Gasteiger partial charge in [0.15, 0.2) is 0 Å². The van der Waals surface area contributed by atoms with Crippen molar-refractivity contribution >= 4 is 17.1 Å². The molecule has 1 heterocycles. The molecular formula is C14H11NO2S. The first-order valence-corrected chi connectivity index (χ1v) is 6.54. The monoisotopic (exact) mass is 257 g/mol. The zero-order chi connectivity index (χ0) is 12.5. The smallest absolute Gasteiger partial charge is 0.203 e. The van der Waals surface area contributed by atoms with E-state index >= 15 is 0 Å². The second-order valence-corrected chi connectivity index (χ2v) is 5.14. The predicted octanol–water partition coefficient (Wildman–Crippen LogP) is 3.38. The van der Waals surface area contributed by atoms with E-state index in [2.05, 4.69) is 4.98 Å². The largest absolute Gasteiger partial charge is 0.515 e. The van der Waals surface area contributed by atoms with Gasteiger partial charge in [0.05, 0.1) is 16.8 Å². The Hall–Kier alpha value is -1.94. The Balaban J connectivity index is 2.06. The lowest BCUT2D eigenvalue weighted by Gasteiger charge is -2.09. The number of thiazole rings is 1. The third-order valence-electron chi connectivity index (χ3n) is 3.00. The van der Waals surface area contributed by atoms with E-state index in [-0.39, 0.29) is 5.78 Å². The van der Waals surface area contributed by atoms with Crippen LogP contribution in [-0.4, -0.2) is 15.9 Å². The summed E-state index contributed by atoms with van der Waals surface area (Å²) >= 11 is 1.40. The molecule has 90 valence electrons. The van der Waals surface area contributed by atoms with Crippen LogP contribution in [0.2, 0.25) is 0 Å². The molecule has 18 heavy (non-hydrogen) atoms. The lowest BCUT2D eigenvalue weighted by molar-refractivity contribution is 0.102. The van der Waals surface area contributed by atoms with Crippen molar-refractivity contribution in [1.82, 2.24) is 4.98 Å². The molecule has 0 amide bonds. The molecule has 3 nitrogen and oxygen atoms in total. The highest BCUT2D eigenvalue weighted by Crippen LogP contribution is 2.34. The summed E-state index contributed by atoms with van der Waals surface area (Å²) in [6, 6.07) is 9.83. The summed E-state index contributed by atoms with van der Waals surface area (Å²) in [4.78, 5) is 17.2. The van der Waals surface area contributed by atoms with Gasteiger partial charge in [-0.1, -0.05) is 30.3 Å². The fourth-order valence-electron chi connectivity index (χ4n) is 2.04. The van der Waals surface area contributed by atoms with E-state index < -0.39 is 0 Å². The zero-order valence-electron chi connectivity index (χ0n) is 9.59. The maximum atomic E-state index is 12.0. The molecule has 0 aliphatic heterocycles. The van der Waals surface area contributed by atoms with Crippen LogP contribution in [0.4, 0.5) is 0 Å². The summed E-state index contributed by atoms with van der Waals surface area (Å²) < 4.78 is 0. The Kier molecular flexibility index (Phi) is 2.72. The van der Waals surface area contributed by atoms with Crippen LogP contribution in [0.15, 0.2) is 42.2 Å². The van der Waals surface area contributed by atoms with E-state index in [0.717, 1.165) is 28.9 Å². The second-order valence-electron chi connectivity index (χ2n) is 4.14. The average Bonchev–Trinajstić information content (AvgIpc) is 2.85. The summed E-state index contributed by atoms with van der Waals surface area (Å²) in [7, 11) is 0. The van der Waals surface area contributed by atoms with E-state index in [4.69, 9.17) is 5.11 Å². The zero-order valence-corrected chi connectivity index (χ0v) is 10.4. The van der Waals surface area contributed by atoms with Crippen molar-refractivity contribution in [2.24, 2.45) is 0 Å². The SMILES string of the molecule is O=C1/C(=C/O)CCc2nc(-c3ccccc3)sc21. The summed E-state index contributed by atoms with van der Waals surface area (Å²) in [6.45, 7) is 0. The number of aliphatic hydroxyl groups is 1. The third kappa shape index (κ3) is 1.75. The predicted molar refractivity (Wildman–Crippen MR) is 70.9 cm³/mol. The third-order valence-corrected chi connectivity index (χ3v) is 4.15. The number of aliphatic hydroxyl groups excluding tert-OH is 1. The van der Waals surface area contributed by atoms with Crippen LogP contribution < -0.4 is 0 Å². The van der Waals surface area contributed by atoms with Crippen LogP contribution in [0.5, 0.6) is 0 Å². The maximum absolute atomic E-state index is 12.0. The molecule has 2 aromatic rings. The Morgan fingerprint density at radius 2 is 2.00 bits per heavy atom. The standard InChI is InChI=1S/C14H11NO2S/c16-8-10-6-7-11-13(12(10)17)18-14(15-11)9-4-2-1-3-5-9/h1-5,8,16H,6-7H2/b10-8+. The first-order valence-electron chi connectivity index (χ1n) is 5.72. The Morgan fingerprint density at radius 1 is 1.22 bits per heavy atom. The van der Waals surface area contributed by atoms with Gasteiger partial charge in [0.1, 0.15) is 5.01 Å². The Morgan fingerprint density at radius 3 is 2.72 bits per heavy atom. The molecule has 1 N–H and O–H groups in total. The van der Waals surface area contributed by atoms with Gasteiger partial charge >= 0.3 is 0 Å². The van der Waals surface area contributed by atoms with Crippen LogP contribution in [0.3, 0.4) is 0 Å². The van der Waals surface area contributed by atoms with E-state index in [1.807, 2.05) is 30.3 Å². The highest BCUT2D eigenvalue weighted by molar-refractivity contribution is 7.17. The van der Waals surface area contributed by atoms with E-state index in [1.54, 1.807) is 0 Å². The number of hydrogen-bond donors (Lipinski definition) is 1. The van der Waals surface area contributed by atoms with E-state index in [0.29, 0.717) is 16.9 Å². The van der Waals surface area contributed by atoms with Crippen LogP contribution in [0.1, 0.15) is 21.8 Å². The molecule has 0 unspecified atom stereocenters. The first-order chi connectivity index (χ1) is 8.79. The van der Waals surface area contributed by atoms with Crippen LogP contribution >= 0.6 is 11.3 Å². The number of fused-ring (bicyclic) bond motifs is 1. The molecule has 0 radical (unpaired) electrons. The fraction of sp³-hybridized carbons (Fsp3) is 0.143. The summed E-state index contributed by atoms with van der Waals surface area (Å²) in [5.74, 6) is -0.0848. The van der Waals surface area contributed by atoms with Crippen LogP contribution in [0, 0.1) is 0 Å². The first kappa shape index (κ1) is 11.2. The van der Waals surface area contributed by atoms with Gasteiger partial charge in [0, 0.05) is 11.1 Å². The molecule has 0 fully saturated rings. The molecule has 0 saturated heterocycles. The molecule has 1 aliphatic rings. The number of rotatable bonds is 1. The van der Waals surface area contributed by atoms with Gasteiger partial charge in [-0.2, -0.15) is 0 Å². The number of allylic oxidation sites excluding steroid dienone is 1. The average molecular weight is 257 g/mol. The summed E-state index contributed by atoms with van der Waals surface area (Å²) in [5.41, 5.74) is 2.36. The Bertz CT molecular complexity index is 628. The number of hydrogen-bond acceptors (Lipinski definition) is 4. The highest BCUT2D eigenvalue weighted by atomic mass is 32.1. The molecule has 0 atom stereocenters. The van der Waals surface area contributed by atoms with Crippen molar-refractivity contribution in [2.45, 2.75) is 12.8 Å².